The van der Waals surface area contributed by atoms with E-state index in [0.29, 0.717) is 5.88 Å². The van der Waals surface area contributed by atoms with Gasteiger partial charge >= 0.3 is 0 Å². The molecule has 0 spiro atoms. The summed E-state index contributed by atoms with van der Waals surface area (Å²) in [7, 11) is 1.64. The number of rotatable bonds is 5. The van der Waals surface area contributed by atoms with Gasteiger partial charge in [-0.05, 0) is 44.0 Å². The van der Waals surface area contributed by atoms with Crippen molar-refractivity contribution in [3.63, 3.8) is 0 Å². The molecule has 1 aromatic heterocycles. The van der Waals surface area contributed by atoms with E-state index in [2.05, 4.69) is 21.7 Å². The van der Waals surface area contributed by atoms with E-state index in [1.165, 1.54) is 24.9 Å². The molecule has 4 nitrogen and oxygen atoms in total. The number of methoxy groups -OCH3 is 1. The lowest BCUT2D eigenvalue weighted by Gasteiger charge is -2.22. The maximum atomic E-state index is 5.03. The molecule has 0 saturated carbocycles. The zero-order valence-electron chi connectivity index (χ0n) is 10.4. The van der Waals surface area contributed by atoms with E-state index in [9.17, 15) is 0 Å². The smallest absolute Gasteiger partial charge is 0.212 e. The first-order valence-electron chi connectivity index (χ1n) is 6.29. The molecule has 1 saturated heterocycles. The van der Waals surface area contributed by atoms with Gasteiger partial charge in [-0.2, -0.15) is 0 Å². The first kappa shape index (κ1) is 12.3. The monoisotopic (exact) mass is 235 g/mol. The SMILES string of the molecule is COc1ccc(CNCC2CCCNC2)cn1. The van der Waals surface area contributed by atoms with Gasteiger partial charge in [0, 0.05) is 18.8 Å². The summed E-state index contributed by atoms with van der Waals surface area (Å²) < 4.78 is 5.03. The van der Waals surface area contributed by atoms with Crippen molar-refractivity contribution in [3.05, 3.63) is 23.9 Å². The average molecular weight is 235 g/mol. The van der Waals surface area contributed by atoms with Crippen LogP contribution in [0.15, 0.2) is 18.3 Å². The molecule has 17 heavy (non-hydrogen) atoms. The second-order valence-electron chi connectivity index (χ2n) is 4.55. The van der Waals surface area contributed by atoms with Crippen LogP contribution in [-0.4, -0.2) is 31.7 Å². The maximum Gasteiger partial charge on any atom is 0.212 e. The highest BCUT2D eigenvalue weighted by Gasteiger charge is 2.11. The van der Waals surface area contributed by atoms with Crippen LogP contribution in [0, 0.1) is 5.92 Å². The summed E-state index contributed by atoms with van der Waals surface area (Å²) in [5.74, 6) is 1.44. The molecule has 94 valence electrons. The van der Waals surface area contributed by atoms with Gasteiger partial charge in [-0.25, -0.2) is 4.98 Å². The lowest BCUT2D eigenvalue weighted by atomic mass is 10.00. The number of hydrogen-bond donors (Lipinski definition) is 2. The average Bonchev–Trinajstić information content (AvgIpc) is 2.41. The minimum absolute atomic E-state index is 0.672. The Hall–Kier alpha value is -1.13. The Kier molecular flexibility index (Phi) is 4.76. The molecule has 1 aliphatic rings. The van der Waals surface area contributed by atoms with Crippen LogP contribution in [0.1, 0.15) is 18.4 Å². The van der Waals surface area contributed by atoms with Crippen LogP contribution in [0.25, 0.3) is 0 Å². The fourth-order valence-corrected chi connectivity index (χ4v) is 2.16. The minimum Gasteiger partial charge on any atom is -0.481 e. The first-order valence-corrected chi connectivity index (χ1v) is 6.29. The Morgan fingerprint density at radius 2 is 2.47 bits per heavy atom. The summed E-state index contributed by atoms with van der Waals surface area (Å²) >= 11 is 0. The molecule has 2 N–H and O–H groups in total. The van der Waals surface area contributed by atoms with E-state index in [1.54, 1.807) is 7.11 Å². The standard InChI is InChI=1S/C13H21N3O/c1-17-13-5-4-12(10-16-13)9-15-8-11-3-2-6-14-7-11/h4-5,10-11,14-15H,2-3,6-9H2,1H3. The molecular weight excluding hydrogens is 214 g/mol. The molecule has 0 aromatic carbocycles. The van der Waals surface area contributed by atoms with E-state index in [4.69, 9.17) is 4.74 Å². The summed E-state index contributed by atoms with van der Waals surface area (Å²) in [4.78, 5) is 4.19. The Labute approximate surface area is 103 Å². The third-order valence-electron chi connectivity index (χ3n) is 3.17. The molecule has 1 aliphatic heterocycles. The summed E-state index contributed by atoms with van der Waals surface area (Å²) in [5, 5.41) is 6.92. The highest BCUT2D eigenvalue weighted by molar-refractivity contribution is 5.17. The fraction of sp³-hybridized carbons (Fsp3) is 0.615. The van der Waals surface area contributed by atoms with E-state index >= 15 is 0 Å². The molecule has 0 amide bonds. The number of pyridine rings is 1. The van der Waals surface area contributed by atoms with Crippen LogP contribution < -0.4 is 15.4 Å². The topological polar surface area (TPSA) is 46.2 Å². The zero-order chi connectivity index (χ0) is 11.9. The third-order valence-corrected chi connectivity index (χ3v) is 3.17. The molecule has 2 rings (SSSR count). The number of piperidine rings is 1. The first-order chi connectivity index (χ1) is 8.38. The quantitative estimate of drug-likeness (QED) is 0.804. The lowest BCUT2D eigenvalue weighted by Crippen LogP contribution is -2.35. The number of hydrogen-bond acceptors (Lipinski definition) is 4. The predicted octanol–water partition coefficient (Wildman–Crippen LogP) is 1.18. The lowest BCUT2D eigenvalue weighted by molar-refractivity contribution is 0.359. The molecule has 1 unspecified atom stereocenters. The van der Waals surface area contributed by atoms with E-state index in [0.717, 1.165) is 25.6 Å². The number of nitrogens with zero attached hydrogens (tertiary/aromatic N) is 1. The van der Waals surface area contributed by atoms with Gasteiger partial charge in [0.25, 0.3) is 0 Å². The van der Waals surface area contributed by atoms with Crippen LogP contribution in [-0.2, 0) is 6.54 Å². The molecule has 1 aromatic rings. The Balaban J connectivity index is 1.69. The number of aromatic nitrogens is 1. The summed E-state index contributed by atoms with van der Waals surface area (Å²) in [6.45, 7) is 4.29. The highest BCUT2D eigenvalue weighted by atomic mass is 16.5. The second kappa shape index (κ2) is 6.57. The molecule has 4 heteroatoms. The van der Waals surface area contributed by atoms with Crippen molar-refractivity contribution in [1.29, 1.82) is 0 Å². The maximum absolute atomic E-state index is 5.03. The fourth-order valence-electron chi connectivity index (χ4n) is 2.16. The summed E-state index contributed by atoms with van der Waals surface area (Å²) in [6.07, 6.45) is 4.50. The number of nitrogens with one attached hydrogen (secondary N) is 2. The van der Waals surface area contributed by atoms with Crippen LogP contribution in [0.2, 0.25) is 0 Å². The summed E-state index contributed by atoms with van der Waals surface area (Å²) in [5.41, 5.74) is 1.20. The van der Waals surface area contributed by atoms with Gasteiger partial charge in [-0.15, -0.1) is 0 Å². The van der Waals surface area contributed by atoms with Gasteiger partial charge in [0.1, 0.15) is 0 Å². The Bertz CT molecular complexity index is 320. The molecular formula is C13H21N3O. The van der Waals surface area contributed by atoms with Crippen LogP contribution in [0.4, 0.5) is 0 Å². The van der Waals surface area contributed by atoms with Gasteiger partial charge in [0.2, 0.25) is 5.88 Å². The normalized spacial score (nSPS) is 20.2. The molecule has 1 atom stereocenters. The van der Waals surface area contributed by atoms with Gasteiger partial charge in [0.05, 0.1) is 7.11 Å². The molecule has 2 heterocycles. The molecule has 0 aliphatic carbocycles. The predicted molar refractivity (Wildman–Crippen MR) is 68.1 cm³/mol. The Morgan fingerprint density at radius 1 is 1.53 bits per heavy atom. The van der Waals surface area contributed by atoms with Gasteiger partial charge < -0.3 is 15.4 Å². The van der Waals surface area contributed by atoms with Crippen molar-refractivity contribution in [1.82, 2.24) is 15.6 Å². The Morgan fingerprint density at radius 3 is 3.12 bits per heavy atom. The second-order valence-corrected chi connectivity index (χ2v) is 4.55. The highest BCUT2D eigenvalue weighted by Crippen LogP contribution is 2.09. The third kappa shape index (κ3) is 3.98. The van der Waals surface area contributed by atoms with Crippen molar-refractivity contribution in [2.75, 3.05) is 26.7 Å². The van der Waals surface area contributed by atoms with Crippen molar-refractivity contribution < 1.29 is 4.74 Å². The minimum atomic E-state index is 0.672. The molecule has 0 radical (unpaired) electrons. The van der Waals surface area contributed by atoms with E-state index in [-0.39, 0.29) is 0 Å². The largest absolute Gasteiger partial charge is 0.481 e. The van der Waals surface area contributed by atoms with Crippen molar-refractivity contribution in [2.24, 2.45) is 5.92 Å². The van der Waals surface area contributed by atoms with Gasteiger partial charge in [0.15, 0.2) is 0 Å². The van der Waals surface area contributed by atoms with E-state index < -0.39 is 0 Å². The van der Waals surface area contributed by atoms with Crippen LogP contribution in [0.5, 0.6) is 5.88 Å². The zero-order valence-corrected chi connectivity index (χ0v) is 10.4. The van der Waals surface area contributed by atoms with Crippen molar-refractivity contribution in [2.45, 2.75) is 19.4 Å². The van der Waals surface area contributed by atoms with Crippen LogP contribution >= 0.6 is 0 Å². The molecule has 1 fully saturated rings. The van der Waals surface area contributed by atoms with Gasteiger partial charge in [-0.1, -0.05) is 6.07 Å². The van der Waals surface area contributed by atoms with Gasteiger partial charge in [-0.3, -0.25) is 0 Å². The van der Waals surface area contributed by atoms with Crippen molar-refractivity contribution in [3.8, 4) is 5.88 Å². The van der Waals surface area contributed by atoms with Crippen molar-refractivity contribution >= 4 is 0 Å². The summed E-state index contributed by atoms with van der Waals surface area (Å²) in [6, 6.07) is 3.96. The van der Waals surface area contributed by atoms with Crippen LogP contribution in [0.3, 0.4) is 0 Å². The molecule has 0 bridgehead atoms. The number of ether oxygens (including phenoxy) is 1. The van der Waals surface area contributed by atoms with E-state index in [1.807, 2.05) is 12.3 Å².